The third-order valence-corrected chi connectivity index (χ3v) is 4.13. The van der Waals surface area contributed by atoms with Gasteiger partial charge in [0.1, 0.15) is 5.65 Å². The average molecular weight is 383 g/mol. The molecule has 1 N–H and O–H groups in total. The average Bonchev–Trinajstić information content (AvgIpc) is 3.33. The van der Waals surface area contributed by atoms with E-state index in [1.807, 2.05) is 18.3 Å². The van der Waals surface area contributed by atoms with Gasteiger partial charge in [-0.1, -0.05) is 12.1 Å². The maximum atomic E-state index is 12.6. The Morgan fingerprint density at radius 2 is 2.11 bits per heavy atom. The zero-order valence-electron chi connectivity index (χ0n) is 14.8. The van der Waals surface area contributed by atoms with Crippen molar-refractivity contribution in [2.45, 2.75) is 19.9 Å². The number of carbonyl (C=O) groups is 1. The molecule has 0 atom stereocenters. The largest absolute Gasteiger partial charge is 0.415 e. The van der Waals surface area contributed by atoms with Crippen molar-refractivity contribution in [3.8, 4) is 11.5 Å². The van der Waals surface area contributed by atoms with E-state index in [9.17, 15) is 13.6 Å². The Labute approximate surface area is 158 Å². The first-order chi connectivity index (χ1) is 13.5. The van der Waals surface area contributed by atoms with E-state index >= 15 is 0 Å². The molecule has 3 aromatic heterocycles. The molecule has 0 aliphatic rings. The van der Waals surface area contributed by atoms with Crippen molar-refractivity contribution in [1.29, 1.82) is 0 Å². The highest BCUT2D eigenvalue weighted by Crippen LogP contribution is 2.24. The summed E-state index contributed by atoms with van der Waals surface area (Å²) in [6.45, 7) is 1.97. The molecule has 3 heterocycles. The molecule has 4 rings (SSSR count). The number of ketones is 1. The first kappa shape index (κ1) is 17.8. The number of halogens is 2. The molecule has 0 amide bonds. The number of fused-ring (bicyclic) bond motifs is 1. The van der Waals surface area contributed by atoms with E-state index in [0.717, 1.165) is 11.4 Å². The fourth-order valence-electron chi connectivity index (χ4n) is 2.73. The number of alkyl halides is 2. The molecule has 7 nitrogen and oxygen atoms in total. The van der Waals surface area contributed by atoms with Gasteiger partial charge < -0.3 is 14.1 Å². The number of nitrogens with zero attached hydrogens (tertiary/aromatic N) is 4. The van der Waals surface area contributed by atoms with E-state index in [1.54, 1.807) is 34.9 Å². The second kappa shape index (κ2) is 7.18. The summed E-state index contributed by atoms with van der Waals surface area (Å²) in [6, 6.07) is 10.6. The molecular formula is C19H15F2N5O2. The van der Waals surface area contributed by atoms with Crippen molar-refractivity contribution in [2.75, 3.05) is 5.32 Å². The molecular weight excluding hydrogens is 368 g/mol. The van der Waals surface area contributed by atoms with E-state index in [-0.39, 0.29) is 11.7 Å². The number of hydrogen-bond donors (Lipinski definition) is 1. The number of Topliss-reactive ketones (excluding diaryl/α,β-unsaturated/α-hetero) is 1. The second-order valence-corrected chi connectivity index (χ2v) is 6.15. The lowest BCUT2D eigenvalue weighted by molar-refractivity contribution is 0.101. The summed E-state index contributed by atoms with van der Waals surface area (Å²) in [5.41, 5.74) is 3.34. The number of rotatable bonds is 6. The molecule has 0 radical (unpaired) electrons. The molecule has 0 aliphatic heterocycles. The van der Waals surface area contributed by atoms with Crippen LogP contribution < -0.4 is 5.32 Å². The maximum absolute atomic E-state index is 12.6. The van der Waals surface area contributed by atoms with Gasteiger partial charge in [0.2, 0.25) is 5.89 Å². The minimum absolute atomic E-state index is 0.0000609. The van der Waals surface area contributed by atoms with Gasteiger partial charge >= 0.3 is 6.43 Å². The van der Waals surface area contributed by atoms with Crippen LogP contribution in [-0.2, 0) is 6.54 Å². The van der Waals surface area contributed by atoms with Gasteiger partial charge in [0.25, 0.3) is 5.89 Å². The molecule has 0 spiro atoms. The van der Waals surface area contributed by atoms with E-state index < -0.39 is 12.3 Å². The molecule has 0 aliphatic carbocycles. The Balaban J connectivity index is 1.53. The number of aromatic nitrogens is 4. The Morgan fingerprint density at radius 3 is 2.86 bits per heavy atom. The lowest BCUT2D eigenvalue weighted by Gasteiger charge is -2.05. The fraction of sp³-hybridized carbons (Fsp3) is 0.158. The zero-order chi connectivity index (χ0) is 19.7. The lowest BCUT2D eigenvalue weighted by Crippen LogP contribution is -2.01. The second-order valence-electron chi connectivity index (χ2n) is 6.15. The predicted molar refractivity (Wildman–Crippen MR) is 97.2 cm³/mol. The van der Waals surface area contributed by atoms with Gasteiger partial charge in [-0.2, -0.15) is 8.78 Å². The third kappa shape index (κ3) is 3.59. The number of hydrogen-bond acceptors (Lipinski definition) is 6. The quantitative estimate of drug-likeness (QED) is 0.504. The van der Waals surface area contributed by atoms with Gasteiger partial charge in [0, 0.05) is 29.2 Å². The summed E-state index contributed by atoms with van der Waals surface area (Å²) in [7, 11) is 0. The van der Waals surface area contributed by atoms with Crippen molar-refractivity contribution >= 4 is 17.1 Å². The normalized spacial score (nSPS) is 11.3. The topological polar surface area (TPSA) is 85.3 Å². The van der Waals surface area contributed by atoms with Gasteiger partial charge in [-0.05, 0) is 31.2 Å². The number of benzene rings is 1. The molecule has 1 aromatic carbocycles. The number of anilines is 1. The first-order valence-corrected chi connectivity index (χ1v) is 8.44. The SMILES string of the molecule is CC(=O)c1cccc(NCc2cn3ccc(-c4nnc(C(F)F)o4)cc3n2)c1. The molecule has 28 heavy (non-hydrogen) atoms. The van der Waals surface area contributed by atoms with Crippen molar-refractivity contribution in [3.05, 3.63) is 65.9 Å². The summed E-state index contributed by atoms with van der Waals surface area (Å²) in [5.74, 6) is -0.697. The highest BCUT2D eigenvalue weighted by atomic mass is 19.3. The van der Waals surface area contributed by atoms with Crippen molar-refractivity contribution < 1.29 is 18.0 Å². The molecule has 9 heteroatoms. The number of carbonyl (C=O) groups excluding carboxylic acids is 1. The maximum Gasteiger partial charge on any atom is 0.314 e. The van der Waals surface area contributed by atoms with Crippen molar-refractivity contribution in [2.24, 2.45) is 0 Å². The van der Waals surface area contributed by atoms with Gasteiger partial charge in [-0.25, -0.2) is 4.98 Å². The Bertz CT molecular complexity index is 1150. The smallest absolute Gasteiger partial charge is 0.314 e. The molecule has 0 saturated heterocycles. The first-order valence-electron chi connectivity index (χ1n) is 8.44. The summed E-state index contributed by atoms with van der Waals surface area (Å²) < 4.78 is 32.0. The van der Waals surface area contributed by atoms with Gasteiger partial charge in [0.15, 0.2) is 5.78 Å². The van der Waals surface area contributed by atoms with E-state index in [4.69, 9.17) is 4.42 Å². The van der Waals surface area contributed by atoms with Crippen LogP contribution in [0.4, 0.5) is 14.5 Å². The Morgan fingerprint density at radius 1 is 1.25 bits per heavy atom. The van der Waals surface area contributed by atoms with Crippen LogP contribution in [0.15, 0.2) is 53.2 Å². The van der Waals surface area contributed by atoms with E-state index in [0.29, 0.717) is 23.3 Å². The van der Waals surface area contributed by atoms with Gasteiger partial charge in [0.05, 0.1) is 12.2 Å². The minimum atomic E-state index is -2.81. The van der Waals surface area contributed by atoms with Crippen molar-refractivity contribution in [1.82, 2.24) is 19.6 Å². The highest BCUT2D eigenvalue weighted by Gasteiger charge is 2.17. The molecule has 0 saturated carbocycles. The van der Waals surface area contributed by atoms with Crippen LogP contribution in [0.3, 0.4) is 0 Å². The van der Waals surface area contributed by atoms with E-state index in [1.165, 1.54) is 6.92 Å². The van der Waals surface area contributed by atoms with Crippen LogP contribution in [0.2, 0.25) is 0 Å². The van der Waals surface area contributed by atoms with E-state index in [2.05, 4.69) is 20.5 Å². The summed E-state index contributed by atoms with van der Waals surface area (Å²) >= 11 is 0. The number of nitrogens with one attached hydrogen (secondary N) is 1. The summed E-state index contributed by atoms with van der Waals surface area (Å²) in [6.07, 6.45) is 0.777. The molecule has 0 bridgehead atoms. The Hall–Kier alpha value is -3.62. The standard InChI is InChI=1S/C19H15F2N5O2/c1-11(27)12-3-2-4-14(7-12)22-9-15-10-26-6-5-13(8-16(26)23-15)18-24-25-19(28-18)17(20)21/h2-8,10,17,22H,9H2,1H3. The Kier molecular flexibility index (Phi) is 4.56. The lowest BCUT2D eigenvalue weighted by atomic mass is 10.1. The highest BCUT2D eigenvalue weighted by molar-refractivity contribution is 5.94. The van der Waals surface area contributed by atoms with Crippen LogP contribution >= 0.6 is 0 Å². The summed E-state index contributed by atoms with van der Waals surface area (Å²) in [5, 5.41) is 10.2. The van der Waals surface area contributed by atoms with Crippen LogP contribution in [0, 0.1) is 0 Å². The third-order valence-electron chi connectivity index (χ3n) is 4.13. The van der Waals surface area contributed by atoms with Crippen LogP contribution in [0.5, 0.6) is 0 Å². The molecule has 0 unspecified atom stereocenters. The van der Waals surface area contributed by atoms with Gasteiger partial charge in [-0.15, -0.1) is 10.2 Å². The molecule has 0 fully saturated rings. The van der Waals surface area contributed by atoms with Crippen LogP contribution in [-0.4, -0.2) is 25.4 Å². The molecule has 142 valence electrons. The number of pyridine rings is 1. The van der Waals surface area contributed by atoms with Gasteiger partial charge in [-0.3, -0.25) is 4.79 Å². The monoisotopic (exact) mass is 383 g/mol. The summed E-state index contributed by atoms with van der Waals surface area (Å²) in [4.78, 5) is 16.0. The fourth-order valence-corrected chi connectivity index (χ4v) is 2.73. The molecule has 4 aromatic rings. The number of imidazole rings is 1. The zero-order valence-corrected chi connectivity index (χ0v) is 14.8. The van der Waals surface area contributed by atoms with Crippen molar-refractivity contribution in [3.63, 3.8) is 0 Å². The minimum Gasteiger partial charge on any atom is -0.415 e. The van der Waals surface area contributed by atoms with Crippen LogP contribution in [0.1, 0.15) is 35.3 Å². The predicted octanol–water partition coefficient (Wildman–Crippen LogP) is 4.14. The van der Waals surface area contributed by atoms with Crippen LogP contribution in [0.25, 0.3) is 17.1 Å².